The van der Waals surface area contributed by atoms with Crippen molar-refractivity contribution in [3.63, 3.8) is 0 Å². The first-order valence-corrected chi connectivity index (χ1v) is 15.6. The third-order valence-electron chi connectivity index (χ3n) is 8.45. The summed E-state index contributed by atoms with van der Waals surface area (Å²) < 4.78 is 88.4. The summed E-state index contributed by atoms with van der Waals surface area (Å²) in [6.45, 7) is 12.2. The number of carbonyl (C=O) groups is 1. The van der Waals surface area contributed by atoms with Gasteiger partial charge in [0.1, 0.15) is 6.29 Å². The quantitative estimate of drug-likeness (QED) is 0.0853. The lowest BCUT2D eigenvalue weighted by molar-refractivity contribution is -0.143. The van der Waals surface area contributed by atoms with E-state index in [1.807, 2.05) is 33.8 Å². The van der Waals surface area contributed by atoms with Gasteiger partial charge in [-0.2, -0.15) is 26.3 Å². The van der Waals surface area contributed by atoms with E-state index in [4.69, 9.17) is 4.74 Å². The topological polar surface area (TPSA) is 55.3 Å². The maximum absolute atomic E-state index is 13.8. The Kier molecular flexibility index (Phi) is 11.2. The molecule has 0 aliphatic heterocycles. The second-order valence-corrected chi connectivity index (χ2v) is 12.4. The van der Waals surface area contributed by atoms with Gasteiger partial charge in [0, 0.05) is 19.5 Å². The van der Waals surface area contributed by atoms with E-state index in [2.05, 4.69) is 42.0 Å². The third-order valence-corrected chi connectivity index (χ3v) is 8.45. The van der Waals surface area contributed by atoms with Crippen molar-refractivity contribution in [3.05, 3.63) is 105 Å². The predicted octanol–water partition coefficient (Wildman–Crippen LogP) is 10.1. The van der Waals surface area contributed by atoms with Gasteiger partial charge in [0.15, 0.2) is 5.75 Å². The van der Waals surface area contributed by atoms with Gasteiger partial charge in [0.2, 0.25) is 5.95 Å². The Hall–Kier alpha value is -4.41. The second kappa shape index (κ2) is 14.8. The zero-order chi connectivity index (χ0) is 35.4. The fraction of sp³-hybridized carbons (Fsp3) is 0.378. The Labute approximate surface area is 277 Å². The van der Waals surface area contributed by atoms with Crippen molar-refractivity contribution >= 4 is 12.2 Å². The number of aldehydes is 1. The first-order valence-electron chi connectivity index (χ1n) is 15.6. The van der Waals surface area contributed by atoms with Gasteiger partial charge < -0.3 is 14.4 Å². The summed E-state index contributed by atoms with van der Waals surface area (Å²) in [6, 6.07) is 9.86. The fourth-order valence-electron chi connectivity index (χ4n) is 5.57. The fourth-order valence-corrected chi connectivity index (χ4v) is 5.57. The minimum atomic E-state index is -4.99. The predicted molar refractivity (Wildman–Crippen MR) is 174 cm³/mol. The molecule has 0 aliphatic carbocycles. The van der Waals surface area contributed by atoms with Crippen molar-refractivity contribution in [1.29, 1.82) is 0 Å². The number of ether oxygens (including phenoxy) is 1. The number of rotatable bonds is 12. The average Bonchev–Trinajstić information content (AvgIpc) is 3.01. The van der Waals surface area contributed by atoms with Crippen LogP contribution >= 0.6 is 0 Å². The van der Waals surface area contributed by atoms with Crippen LogP contribution in [0.5, 0.6) is 5.75 Å². The molecule has 4 aromatic rings. The molecule has 256 valence electrons. The van der Waals surface area contributed by atoms with Gasteiger partial charge in [-0.15, -0.1) is 0 Å². The molecule has 0 bridgehead atoms. The molecule has 4 rings (SSSR count). The molecule has 0 spiro atoms. The minimum absolute atomic E-state index is 0.0831. The summed E-state index contributed by atoms with van der Waals surface area (Å²) >= 11 is 0. The number of halogens is 6. The van der Waals surface area contributed by atoms with E-state index >= 15 is 0 Å². The zero-order valence-corrected chi connectivity index (χ0v) is 27.8. The van der Waals surface area contributed by atoms with E-state index < -0.39 is 23.5 Å². The summed E-state index contributed by atoms with van der Waals surface area (Å²) in [5.74, 6) is 0.662. The molecule has 0 amide bonds. The van der Waals surface area contributed by atoms with Crippen molar-refractivity contribution in [2.24, 2.45) is 0 Å². The van der Waals surface area contributed by atoms with E-state index in [9.17, 15) is 31.1 Å². The highest BCUT2D eigenvalue weighted by Gasteiger charge is 2.37. The average molecular weight is 672 g/mol. The molecule has 1 heterocycles. The zero-order valence-electron chi connectivity index (χ0n) is 27.8. The lowest BCUT2D eigenvalue weighted by atomic mass is 9.85. The number of alkyl halides is 6. The molecule has 11 heteroatoms. The van der Waals surface area contributed by atoms with Gasteiger partial charge in [-0.3, -0.25) is 0 Å². The van der Waals surface area contributed by atoms with Crippen LogP contribution in [0.15, 0.2) is 54.9 Å². The first kappa shape index (κ1) is 36.4. The lowest BCUT2D eigenvalue weighted by Gasteiger charge is -2.27. The standard InChI is InChI=1S/C37H39F6N3O2/c1-22(2)28-10-9-23(3)33(16-28)34-26(6)25(5)24(4)13-29(34)21-46(35-44-18-32(19-45-35)48-12-8-7-11-47)20-27-14-30(36(38,39)40)17-31(15-27)37(41,42)43/h9-11,13-19,22H,7-8,12,20-21H2,1-6H3. The van der Waals surface area contributed by atoms with Crippen LogP contribution in [0.2, 0.25) is 0 Å². The smallest absolute Gasteiger partial charge is 0.416 e. The number of aryl methyl sites for hydroxylation is 2. The third kappa shape index (κ3) is 8.73. The highest BCUT2D eigenvalue weighted by Crippen LogP contribution is 2.39. The van der Waals surface area contributed by atoms with E-state index in [1.165, 1.54) is 12.4 Å². The molecule has 0 atom stereocenters. The van der Waals surface area contributed by atoms with Gasteiger partial charge in [-0.1, -0.05) is 38.1 Å². The Bertz CT molecular complexity index is 1720. The van der Waals surface area contributed by atoms with E-state index in [1.54, 1.807) is 4.90 Å². The van der Waals surface area contributed by atoms with Crippen LogP contribution in [0.25, 0.3) is 11.1 Å². The van der Waals surface area contributed by atoms with Crippen molar-refractivity contribution in [2.75, 3.05) is 11.5 Å². The molecule has 0 fully saturated rings. The molecule has 0 N–H and O–H groups in total. The Morgan fingerprint density at radius 2 is 1.44 bits per heavy atom. The lowest BCUT2D eigenvalue weighted by Crippen LogP contribution is -2.25. The number of aromatic nitrogens is 2. The van der Waals surface area contributed by atoms with Crippen LogP contribution in [-0.2, 0) is 30.2 Å². The number of hydrogen-bond acceptors (Lipinski definition) is 5. The molecule has 0 aliphatic rings. The largest absolute Gasteiger partial charge is 0.490 e. The van der Waals surface area contributed by atoms with E-state index in [-0.39, 0.29) is 43.2 Å². The van der Waals surface area contributed by atoms with Crippen LogP contribution in [0.1, 0.15) is 82.7 Å². The van der Waals surface area contributed by atoms with Crippen LogP contribution in [0.3, 0.4) is 0 Å². The normalized spacial score (nSPS) is 12.0. The maximum Gasteiger partial charge on any atom is 0.416 e. The molecular formula is C37H39F6N3O2. The first-order chi connectivity index (χ1) is 22.5. The molecule has 0 saturated carbocycles. The number of anilines is 1. The van der Waals surface area contributed by atoms with E-state index in [0.717, 1.165) is 62.9 Å². The molecule has 0 unspecified atom stereocenters. The summed E-state index contributed by atoms with van der Waals surface area (Å²) in [6.07, 6.45) is -5.60. The van der Waals surface area contributed by atoms with Crippen LogP contribution in [0.4, 0.5) is 32.3 Å². The van der Waals surface area contributed by atoms with Gasteiger partial charge in [0.25, 0.3) is 0 Å². The number of hydrogen-bond donors (Lipinski definition) is 0. The monoisotopic (exact) mass is 671 g/mol. The molecule has 3 aromatic carbocycles. The SMILES string of the molecule is Cc1ccc(C(C)C)cc1-c1c(CN(Cc2cc(C(F)(F)F)cc(C(F)(F)F)c2)c2ncc(OCCCC=O)cn2)cc(C)c(C)c1C. The minimum Gasteiger partial charge on any atom is -0.490 e. The summed E-state index contributed by atoms with van der Waals surface area (Å²) in [4.78, 5) is 21.0. The number of carbonyl (C=O) groups excluding carboxylic acids is 1. The maximum atomic E-state index is 13.8. The second-order valence-electron chi connectivity index (χ2n) is 12.4. The van der Waals surface area contributed by atoms with Crippen molar-refractivity contribution < 1.29 is 35.9 Å². The Morgan fingerprint density at radius 1 is 0.812 bits per heavy atom. The molecule has 1 aromatic heterocycles. The van der Waals surface area contributed by atoms with Gasteiger partial charge in [0.05, 0.1) is 30.1 Å². The molecule has 48 heavy (non-hydrogen) atoms. The van der Waals surface area contributed by atoms with Gasteiger partial charge >= 0.3 is 12.4 Å². The highest BCUT2D eigenvalue weighted by molar-refractivity contribution is 5.76. The Morgan fingerprint density at radius 3 is 2.00 bits per heavy atom. The van der Waals surface area contributed by atoms with Crippen molar-refractivity contribution in [1.82, 2.24) is 9.97 Å². The summed E-state index contributed by atoms with van der Waals surface area (Å²) in [5, 5.41) is 0. The number of unbranched alkanes of at least 4 members (excludes halogenated alkanes) is 1. The van der Waals surface area contributed by atoms with Crippen LogP contribution in [0, 0.1) is 27.7 Å². The number of benzene rings is 3. The summed E-state index contributed by atoms with van der Waals surface area (Å²) in [7, 11) is 0. The van der Waals surface area contributed by atoms with E-state index in [0.29, 0.717) is 18.6 Å². The Balaban J connectivity index is 1.87. The van der Waals surface area contributed by atoms with Gasteiger partial charge in [-0.25, -0.2) is 9.97 Å². The van der Waals surface area contributed by atoms with Crippen LogP contribution < -0.4 is 9.64 Å². The van der Waals surface area contributed by atoms with Crippen LogP contribution in [-0.4, -0.2) is 22.9 Å². The van der Waals surface area contributed by atoms with Crippen molar-refractivity contribution in [2.45, 2.75) is 85.7 Å². The molecule has 5 nitrogen and oxygen atoms in total. The summed E-state index contributed by atoms with van der Waals surface area (Å²) in [5.41, 5.74) is 5.02. The molecule has 0 saturated heterocycles. The molecular weight excluding hydrogens is 632 g/mol. The molecule has 0 radical (unpaired) electrons. The highest BCUT2D eigenvalue weighted by atomic mass is 19.4. The van der Waals surface area contributed by atoms with Gasteiger partial charge in [-0.05, 0) is 108 Å². The van der Waals surface area contributed by atoms with Crippen molar-refractivity contribution in [3.8, 4) is 16.9 Å². The number of nitrogens with zero attached hydrogens (tertiary/aromatic N) is 3.